The van der Waals surface area contributed by atoms with E-state index in [9.17, 15) is 30.7 Å². The second-order valence-electron chi connectivity index (χ2n) is 2.45. The number of aromatic amines is 1. The van der Waals surface area contributed by atoms with Gasteiger partial charge in [-0.3, -0.25) is 5.10 Å². The smallest absolute Gasteiger partial charge is 0.255 e. The molecule has 0 saturated heterocycles. The molecule has 0 atom stereocenters. The summed E-state index contributed by atoms with van der Waals surface area (Å²) in [5.74, 6) is -12.9. The van der Waals surface area contributed by atoms with Crippen molar-refractivity contribution < 1.29 is 30.7 Å². The van der Waals surface area contributed by atoms with Gasteiger partial charge in [-0.1, -0.05) is 0 Å². The molecule has 0 fully saturated rings. The zero-order valence-corrected chi connectivity index (χ0v) is 6.62. The van der Waals surface area contributed by atoms with Crippen LogP contribution in [0.3, 0.4) is 0 Å². The molecular weight excluding hydrogens is 235 g/mol. The first-order valence-electron chi connectivity index (χ1n) is 3.31. The molecule has 86 valence electrons. The zero-order chi connectivity index (χ0) is 11.9. The monoisotopic (exact) mass is 237 g/mol. The Morgan fingerprint density at radius 3 is 2.00 bits per heavy atom. The van der Waals surface area contributed by atoms with Crippen molar-refractivity contribution in [3.63, 3.8) is 0 Å². The van der Waals surface area contributed by atoms with Crippen LogP contribution in [0.25, 0.3) is 0 Å². The molecule has 0 aliphatic rings. The van der Waals surface area contributed by atoms with E-state index in [1.54, 1.807) is 0 Å². The van der Waals surface area contributed by atoms with E-state index in [2.05, 4.69) is 10.1 Å². The molecule has 0 aliphatic heterocycles. The minimum atomic E-state index is -5.65. The van der Waals surface area contributed by atoms with Crippen molar-refractivity contribution in [2.45, 2.75) is 18.3 Å². The number of hydrogen-bond donors (Lipinski definition) is 1. The summed E-state index contributed by atoms with van der Waals surface area (Å²) >= 11 is 0. The maximum absolute atomic E-state index is 12.7. The molecule has 1 N–H and O–H groups in total. The second kappa shape index (κ2) is 3.35. The van der Waals surface area contributed by atoms with Crippen molar-refractivity contribution >= 4 is 0 Å². The van der Waals surface area contributed by atoms with Crippen molar-refractivity contribution in [3.05, 3.63) is 11.9 Å². The van der Waals surface area contributed by atoms with Crippen LogP contribution in [0.4, 0.5) is 30.7 Å². The Hall–Kier alpha value is -1.35. The highest BCUT2D eigenvalue weighted by molar-refractivity contribution is 5.02. The SMILES string of the molecule is Fc1n[nH]c(C(F)(F)C(F)(F)C(F)F)n1. The van der Waals surface area contributed by atoms with Gasteiger partial charge in [0.2, 0.25) is 5.82 Å². The molecule has 0 amide bonds. The van der Waals surface area contributed by atoms with Crippen molar-refractivity contribution in [2.75, 3.05) is 0 Å². The van der Waals surface area contributed by atoms with Crippen molar-refractivity contribution in [2.24, 2.45) is 0 Å². The second-order valence-corrected chi connectivity index (χ2v) is 2.45. The summed E-state index contributed by atoms with van der Waals surface area (Å²) < 4.78 is 85.2. The van der Waals surface area contributed by atoms with Gasteiger partial charge in [0.1, 0.15) is 0 Å². The van der Waals surface area contributed by atoms with E-state index >= 15 is 0 Å². The normalized spacial score (nSPS) is 13.6. The number of H-pyrrole nitrogens is 1. The molecule has 0 unspecified atom stereocenters. The summed E-state index contributed by atoms with van der Waals surface area (Å²) in [7, 11) is 0. The first kappa shape index (κ1) is 11.7. The Bertz CT molecular complexity index is 346. The number of hydrogen-bond acceptors (Lipinski definition) is 2. The van der Waals surface area contributed by atoms with Gasteiger partial charge < -0.3 is 0 Å². The number of aromatic nitrogens is 3. The lowest BCUT2D eigenvalue weighted by atomic mass is 10.1. The summed E-state index contributed by atoms with van der Waals surface area (Å²) in [4.78, 5) is 2.23. The number of rotatable bonds is 3. The van der Waals surface area contributed by atoms with E-state index < -0.39 is 30.2 Å². The van der Waals surface area contributed by atoms with Gasteiger partial charge in [-0.25, -0.2) is 8.78 Å². The van der Waals surface area contributed by atoms with E-state index in [-0.39, 0.29) is 0 Å². The number of halogens is 7. The number of nitrogens with one attached hydrogen (secondary N) is 1. The van der Waals surface area contributed by atoms with Crippen LogP contribution in [-0.2, 0) is 5.92 Å². The summed E-state index contributed by atoms with van der Waals surface area (Å²) in [6, 6.07) is 0. The largest absolute Gasteiger partial charge is 0.376 e. The maximum atomic E-state index is 12.7. The van der Waals surface area contributed by atoms with Crippen molar-refractivity contribution in [1.29, 1.82) is 0 Å². The quantitative estimate of drug-likeness (QED) is 0.816. The average Bonchev–Trinajstić information content (AvgIpc) is 2.51. The molecule has 1 aromatic heterocycles. The Balaban J connectivity index is 3.12. The molecule has 15 heavy (non-hydrogen) atoms. The summed E-state index contributed by atoms with van der Waals surface area (Å²) in [6.45, 7) is 0. The minimum absolute atomic E-state index is 1.11. The van der Waals surface area contributed by atoms with Gasteiger partial charge in [0, 0.05) is 0 Å². The molecule has 0 bridgehead atoms. The Kier molecular flexibility index (Phi) is 2.62. The van der Waals surface area contributed by atoms with Gasteiger partial charge in [-0.15, -0.1) is 5.10 Å². The zero-order valence-electron chi connectivity index (χ0n) is 6.62. The molecular formula is C5H2F7N3. The van der Waals surface area contributed by atoms with Crippen LogP contribution < -0.4 is 0 Å². The number of alkyl halides is 6. The molecule has 10 heteroatoms. The summed E-state index contributed by atoms with van der Waals surface area (Å²) in [6.07, 6.45) is -6.35. The van der Waals surface area contributed by atoms with Crippen LogP contribution >= 0.6 is 0 Å². The summed E-state index contributed by atoms with van der Waals surface area (Å²) in [5.41, 5.74) is 0. The molecule has 0 aliphatic carbocycles. The van der Waals surface area contributed by atoms with Gasteiger partial charge in [-0.2, -0.15) is 26.9 Å². The van der Waals surface area contributed by atoms with E-state index in [0.717, 1.165) is 5.10 Å². The first-order valence-corrected chi connectivity index (χ1v) is 3.31. The highest BCUT2D eigenvalue weighted by Crippen LogP contribution is 2.44. The van der Waals surface area contributed by atoms with Crippen LogP contribution in [0.15, 0.2) is 0 Å². The predicted octanol–water partition coefficient (Wildman–Crippen LogP) is 1.94. The Morgan fingerprint density at radius 1 is 1.13 bits per heavy atom. The lowest BCUT2D eigenvalue weighted by Gasteiger charge is -2.23. The molecule has 0 saturated carbocycles. The predicted molar refractivity (Wildman–Crippen MR) is 31.2 cm³/mol. The van der Waals surface area contributed by atoms with Crippen molar-refractivity contribution in [1.82, 2.24) is 15.2 Å². The Labute approximate surface area is 77.3 Å². The molecule has 0 radical (unpaired) electrons. The molecule has 0 aromatic carbocycles. The van der Waals surface area contributed by atoms with Crippen LogP contribution in [0, 0.1) is 6.08 Å². The molecule has 1 heterocycles. The maximum Gasteiger partial charge on any atom is 0.376 e. The fraction of sp³-hybridized carbons (Fsp3) is 0.600. The molecule has 0 spiro atoms. The van der Waals surface area contributed by atoms with Gasteiger partial charge in [0.15, 0.2) is 0 Å². The van der Waals surface area contributed by atoms with E-state index in [4.69, 9.17) is 0 Å². The van der Waals surface area contributed by atoms with E-state index in [1.807, 2.05) is 0 Å². The fourth-order valence-corrected chi connectivity index (χ4v) is 0.677. The van der Waals surface area contributed by atoms with Crippen LogP contribution in [0.2, 0.25) is 0 Å². The van der Waals surface area contributed by atoms with Gasteiger partial charge in [0.05, 0.1) is 0 Å². The van der Waals surface area contributed by atoms with Crippen LogP contribution in [0.1, 0.15) is 5.82 Å². The fourth-order valence-electron chi connectivity index (χ4n) is 0.677. The third-order valence-corrected chi connectivity index (χ3v) is 1.45. The average molecular weight is 237 g/mol. The lowest BCUT2D eigenvalue weighted by Crippen LogP contribution is -2.44. The molecule has 1 rings (SSSR count). The van der Waals surface area contributed by atoms with E-state index in [0.29, 0.717) is 0 Å². The topological polar surface area (TPSA) is 41.6 Å². The third-order valence-electron chi connectivity index (χ3n) is 1.45. The minimum Gasteiger partial charge on any atom is -0.255 e. The lowest BCUT2D eigenvalue weighted by molar-refractivity contribution is -0.273. The third kappa shape index (κ3) is 1.75. The van der Waals surface area contributed by atoms with Gasteiger partial charge in [-0.05, 0) is 0 Å². The van der Waals surface area contributed by atoms with Crippen LogP contribution in [-0.4, -0.2) is 27.5 Å². The van der Waals surface area contributed by atoms with Gasteiger partial charge >= 0.3 is 24.3 Å². The molecule has 1 aromatic rings. The van der Waals surface area contributed by atoms with Gasteiger partial charge in [0.25, 0.3) is 0 Å². The molecule has 3 nitrogen and oxygen atoms in total. The first-order chi connectivity index (χ1) is 6.69. The van der Waals surface area contributed by atoms with Crippen LogP contribution in [0.5, 0.6) is 0 Å². The van der Waals surface area contributed by atoms with Crippen molar-refractivity contribution in [3.8, 4) is 0 Å². The highest BCUT2D eigenvalue weighted by Gasteiger charge is 2.65. The highest BCUT2D eigenvalue weighted by atomic mass is 19.3. The Morgan fingerprint density at radius 2 is 1.67 bits per heavy atom. The number of nitrogens with zero attached hydrogens (tertiary/aromatic N) is 2. The standard InChI is InChI=1S/C5H2F7N3/c6-1(7)4(9,10)5(11,12)2-13-3(8)15-14-2/h1H,(H,13,14,15). The van der Waals surface area contributed by atoms with E-state index in [1.165, 1.54) is 0 Å². The summed E-state index contributed by atoms with van der Waals surface area (Å²) in [5, 5.41) is 3.50.